The van der Waals surface area contributed by atoms with Crippen molar-refractivity contribution in [1.82, 2.24) is 5.32 Å². The summed E-state index contributed by atoms with van der Waals surface area (Å²) in [6, 6.07) is 5.44. The predicted molar refractivity (Wildman–Crippen MR) is 80.7 cm³/mol. The molecule has 0 aliphatic carbocycles. The van der Waals surface area contributed by atoms with Crippen LogP contribution in [0.15, 0.2) is 24.3 Å². The van der Waals surface area contributed by atoms with Gasteiger partial charge in [0.1, 0.15) is 11.4 Å². The summed E-state index contributed by atoms with van der Waals surface area (Å²) in [5, 5.41) is 2.64. The lowest BCUT2D eigenvalue weighted by molar-refractivity contribution is 0.0534. The van der Waals surface area contributed by atoms with E-state index >= 15 is 0 Å². The highest BCUT2D eigenvalue weighted by molar-refractivity contribution is 5.69. The molecule has 0 aliphatic rings. The Morgan fingerprint density at radius 1 is 1.40 bits per heavy atom. The monoisotopic (exact) mass is 278 g/mol. The third-order valence-electron chi connectivity index (χ3n) is 2.35. The van der Waals surface area contributed by atoms with E-state index in [1.807, 2.05) is 45.1 Å². The second-order valence-electron chi connectivity index (χ2n) is 5.28. The minimum absolute atomic E-state index is 0.375. The van der Waals surface area contributed by atoms with Gasteiger partial charge < -0.3 is 20.5 Å². The Morgan fingerprint density at radius 3 is 2.65 bits per heavy atom. The van der Waals surface area contributed by atoms with Gasteiger partial charge >= 0.3 is 6.09 Å². The highest BCUT2D eigenvalue weighted by Crippen LogP contribution is 2.20. The van der Waals surface area contributed by atoms with Crippen LogP contribution in [-0.4, -0.2) is 25.3 Å². The highest BCUT2D eigenvalue weighted by atomic mass is 16.6. The molecule has 0 saturated carbocycles. The molecule has 0 aromatic heterocycles. The van der Waals surface area contributed by atoms with Gasteiger partial charge in [-0.3, -0.25) is 0 Å². The first-order chi connectivity index (χ1) is 9.31. The van der Waals surface area contributed by atoms with E-state index in [0.29, 0.717) is 18.0 Å². The lowest BCUT2D eigenvalue weighted by atomic mass is 10.1. The molecular weight excluding hydrogens is 256 g/mol. The van der Waals surface area contributed by atoms with Crippen LogP contribution in [0.2, 0.25) is 0 Å². The average molecular weight is 278 g/mol. The van der Waals surface area contributed by atoms with E-state index in [-0.39, 0.29) is 0 Å². The number of alkyl carbamates (subject to hydrolysis) is 1. The molecule has 110 valence electrons. The van der Waals surface area contributed by atoms with Crippen molar-refractivity contribution < 1.29 is 14.3 Å². The summed E-state index contributed by atoms with van der Waals surface area (Å²) in [5.41, 5.74) is 6.88. The predicted octanol–water partition coefficient (Wildman–Crippen LogP) is 2.82. The fourth-order valence-electron chi connectivity index (χ4n) is 1.47. The minimum atomic E-state index is -0.492. The Labute approximate surface area is 119 Å². The maximum atomic E-state index is 11.4. The first kappa shape index (κ1) is 15.9. The number of rotatable bonds is 4. The summed E-state index contributed by atoms with van der Waals surface area (Å²) < 4.78 is 10.2. The van der Waals surface area contributed by atoms with Crippen LogP contribution in [0.3, 0.4) is 0 Å². The van der Waals surface area contributed by atoms with Gasteiger partial charge in [-0.15, -0.1) is 0 Å². The number of carbonyl (C=O) groups is 1. The lowest BCUT2D eigenvalue weighted by Gasteiger charge is -2.19. The summed E-state index contributed by atoms with van der Waals surface area (Å²) in [7, 11) is 1.59. The number of carbonyl (C=O) groups excluding carboxylic acids is 1. The quantitative estimate of drug-likeness (QED) is 0.831. The van der Waals surface area contributed by atoms with Crippen LogP contribution in [0.1, 0.15) is 26.3 Å². The van der Waals surface area contributed by atoms with Gasteiger partial charge in [0.2, 0.25) is 0 Å². The third kappa shape index (κ3) is 5.65. The van der Waals surface area contributed by atoms with Gasteiger partial charge in [-0.1, -0.05) is 12.2 Å². The molecule has 0 fully saturated rings. The van der Waals surface area contributed by atoms with Crippen LogP contribution >= 0.6 is 0 Å². The number of methoxy groups -OCH3 is 1. The van der Waals surface area contributed by atoms with E-state index in [0.717, 1.165) is 5.56 Å². The molecular formula is C15H22N2O3. The Morgan fingerprint density at radius 2 is 2.10 bits per heavy atom. The van der Waals surface area contributed by atoms with Gasteiger partial charge in [0.05, 0.1) is 7.11 Å². The van der Waals surface area contributed by atoms with E-state index in [2.05, 4.69) is 5.32 Å². The largest absolute Gasteiger partial charge is 0.497 e. The number of nitrogens with two attached hydrogens (primary N) is 1. The molecule has 5 heteroatoms. The molecule has 0 spiro atoms. The third-order valence-corrected chi connectivity index (χ3v) is 2.35. The Bertz CT molecular complexity index is 490. The molecule has 1 rings (SSSR count). The minimum Gasteiger partial charge on any atom is -0.497 e. The normalized spacial score (nSPS) is 11.4. The van der Waals surface area contributed by atoms with E-state index in [1.54, 1.807) is 13.2 Å². The maximum absolute atomic E-state index is 11.4. The SMILES string of the molecule is COc1ccc(C=CCNC(=O)OC(C)(C)C)c(N)c1. The number of hydrogen-bond donors (Lipinski definition) is 2. The van der Waals surface area contributed by atoms with Crippen LogP contribution in [0.4, 0.5) is 10.5 Å². The van der Waals surface area contributed by atoms with Crippen molar-refractivity contribution >= 4 is 17.9 Å². The lowest BCUT2D eigenvalue weighted by Crippen LogP contribution is -2.32. The van der Waals surface area contributed by atoms with Crippen molar-refractivity contribution in [3.05, 3.63) is 29.8 Å². The maximum Gasteiger partial charge on any atom is 0.407 e. The van der Waals surface area contributed by atoms with E-state index in [4.69, 9.17) is 15.2 Å². The van der Waals surface area contributed by atoms with Crippen LogP contribution in [0, 0.1) is 0 Å². The fourth-order valence-corrected chi connectivity index (χ4v) is 1.47. The molecule has 0 aliphatic heterocycles. The molecule has 5 nitrogen and oxygen atoms in total. The number of benzene rings is 1. The topological polar surface area (TPSA) is 73.6 Å². The van der Waals surface area contributed by atoms with Crippen molar-refractivity contribution in [2.45, 2.75) is 26.4 Å². The Kier molecular flexibility index (Phi) is 5.43. The van der Waals surface area contributed by atoms with Crippen molar-refractivity contribution in [2.24, 2.45) is 0 Å². The van der Waals surface area contributed by atoms with Crippen molar-refractivity contribution in [3.63, 3.8) is 0 Å². The van der Waals surface area contributed by atoms with Crippen LogP contribution in [0.25, 0.3) is 6.08 Å². The van der Waals surface area contributed by atoms with Crippen LogP contribution in [-0.2, 0) is 4.74 Å². The first-order valence-electron chi connectivity index (χ1n) is 6.39. The van der Waals surface area contributed by atoms with Crippen molar-refractivity contribution in [2.75, 3.05) is 19.4 Å². The molecule has 0 radical (unpaired) electrons. The zero-order valence-electron chi connectivity index (χ0n) is 12.4. The summed E-state index contributed by atoms with van der Waals surface area (Å²) in [6.07, 6.45) is 3.21. The first-order valence-corrected chi connectivity index (χ1v) is 6.39. The number of hydrogen-bond acceptors (Lipinski definition) is 4. The zero-order chi connectivity index (χ0) is 15.2. The Hall–Kier alpha value is -2.17. The van der Waals surface area contributed by atoms with Crippen molar-refractivity contribution in [3.8, 4) is 5.75 Å². The molecule has 0 heterocycles. The number of amides is 1. The van der Waals surface area contributed by atoms with Crippen LogP contribution < -0.4 is 15.8 Å². The summed E-state index contributed by atoms with van der Waals surface area (Å²) >= 11 is 0. The van der Waals surface area contributed by atoms with E-state index < -0.39 is 11.7 Å². The molecule has 0 atom stereocenters. The highest BCUT2D eigenvalue weighted by Gasteiger charge is 2.14. The molecule has 0 bridgehead atoms. The number of nitrogen functional groups attached to an aromatic ring is 1. The second kappa shape index (κ2) is 6.84. The number of nitrogens with one attached hydrogen (secondary N) is 1. The van der Waals surface area contributed by atoms with Gasteiger partial charge in [0.25, 0.3) is 0 Å². The molecule has 3 N–H and O–H groups in total. The summed E-state index contributed by atoms with van der Waals surface area (Å²) in [6.45, 7) is 5.84. The Balaban J connectivity index is 2.48. The fraction of sp³-hybridized carbons (Fsp3) is 0.400. The molecule has 1 amide bonds. The average Bonchev–Trinajstić information content (AvgIpc) is 2.33. The summed E-state index contributed by atoms with van der Waals surface area (Å²) in [4.78, 5) is 11.4. The number of ether oxygens (including phenoxy) is 2. The smallest absolute Gasteiger partial charge is 0.407 e. The standard InChI is InChI=1S/C15H22N2O3/c1-15(2,3)20-14(18)17-9-5-6-11-7-8-12(19-4)10-13(11)16/h5-8,10H,9,16H2,1-4H3,(H,17,18). The van der Waals surface area contributed by atoms with Crippen molar-refractivity contribution in [1.29, 1.82) is 0 Å². The van der Waals surface area contributed by atoms with Crippen LogP contribution in [0.5, 0.6) is 5.75 Å². The second-order valence-corrected chi connectivity index (χ2v) is 5.28. The van der Waals surface area contributed by atoms with Gasteiger partial charge in [-0.25, -0.2) is 4.79 Å². The van der Waals surface area contributed by atoms with Gasteiger partial charge in [-0.2, -0.15) is 0 Å². The van der Waals surface area contributed by atoms with Gasteiger partial charge in [-0.05, 0) is 38.5 Å². The zero-order valence-corrected chi connectivity index (χ0v) is 12.4. The molecule has 1 aromatic carbocycles. The molecule has 20 heavy (non-hydrogen) atoms. The molecule has 0 saturated heterocycles. The van der Waals surface area contributed by atoms with E-state index in [9.17, 15) is 4.79 Å². The molecule has 0 unspecified atom stereocenters. The molecule has 1 aromatic rings. The van der Waals surface area contributed by atoms with Gasteiger partial charge in [0.15, 0.2) is 0 Å². The number of anilines is 1. The van der Waals surface area contributed by atoms with E-state index in [1.165, 1.54) is 0 Å². The van der Waals surface area contributed by atoms with Gasteiger partial charge in [0, 0.05) is 18.3 Å². The summed E-state index contributed by atoms with van der Waals surface area (Å²) in [5.74, 6) is 0.714.